The van der Waals surface area contributed by atoms with Gasteiger partial charge in [0.15, 0.2) is 11.5 Å². The highest BCUT2D eigenvalue weighted by Gasteiger charge is 2.03. The van der Waals surface area contributed by atoms with Crippen molar-refractivity contribution in [1.29, 1.82) is 0 Å². The second kappa shape index (κ2) is 3.80. The van der Waals surface area contributed by atoms with E-state index in [2.05, 4.69) is 4.84 Å². The molecule has 0 aliphatic carbocycles. The Kier molecular flexibility index (Phi) is 2.73. The van der Waals surface area contributed by atoms with Gasteiger partial charge in [0, 0.05) is 11.8 Å². The third kappa shape index (κ3) is 1.77. The summed E-state index contributed by atoms with van der Waals surface area (Å²) >= 11 is 0. The van der Waals surface area contributed by atoms with Gasteiger partial charge < -0.3 is 15.3 Å². The van der Waals surface area contributed by atoms with E-state index < -0.39 is 0 Å². The number of anilines is 1. The molecule has 0 bridgehead atoms. The zero-order valence-corrected chi connectivity index (χ0v) is 6.57. The topological polar surface area (TPSA) is 76.7 Å². The van der Waals surface area contributed by atoms with Crippen LogP contribution in [0.3, 0.4) is 0 Å². The molecule has 0 aromatic heterocycles. The lowest BCUT2D eigenvalue weighted by Gasteiger charge is -2.07. The van der Waals surface area contributed by atoms with E-state index >= 15 is 0 Å². The molecule has 0 unspecified atom stereocenters. The first-order valence-electron chi connectivity index (χ1n) is 3.27. The summed E-state index contributed by atoms with van der Waals surface area (Å²) in [7, 11) is 1.50. The van der Waals surface area contributed by atoms with E-state index in [0.717, 1.165) is 0 Å². The lowest BCUT2D eigenvalue weighted by atomic mass is 10.3. The maximum atomic E-state index is 8.26. The molecule has 5 nitrogen and oxygen atoms in total. The highest BCUT2D eigenvalue weighted by Crippen LogP contribution is 2.27. The zero-order valence-electron chi connectivity index (χ0n) is 6.57. The molecule has 0 heterocycles. The molecule has 66 valence electrons. The first-order valence-corrected chi connectivity index (χ1v) is 3.27. The Hall–Kier alpha value is -1.46. The van der Waals surface area contributed by atoms with Gasteiger partial charge in [0.2, 0.25) is 0 Å². The Morgan fingerprint density at radius 2 is 2.17 bits per heavy atom. The third-order valence-corrected chi connectivity index (χ3v) is 1.34. The number of benzene rings is 1. The largest absolute Gasteiger partial charge is 0.493 e. The average molecular weight is 170 g/mol. The average Bonchev–Trinajstić information content (AvgIpc) is 2.05. The van der Waals surface area contributed by atoms with E-state index in [-0.39, 0.29) is 0 Å². The molecule has 0 aliphatic heterocycles. The SMILES string of the molecule is COc1ccc(N)cc1ONO. The van der Waals surface area contributed by atoms with Gasteiger partial charge in [0.1, 0.15) is 0 Å². The highest BCUT2D eigenvalue weighted by molar-refractivity contribution is 5.51. The van der Waals surface area contributed by atoms with Gasteiger partial charge in [0.25, 0.3) is 0 Å². The van der Waals surface area contributed by atoms with Gasteiger partial charge in [0.05, 0.1) is 7.11 Å². The minimum atomic E-state index is 0.333. The fourth-order valence-electron chi connectivity index (χ4n) is 0.822. The molecule has 5 heteroatoms. The van der Waals surface area contributed by atoms with E-state index in [4.69, 9.17) is 15.7 Å². The van der Waals surface area contributed by atoms with Gasteiger partial charge in [-0.2, -0.15) is 0 Å². The number of nitrogens with one attached hydrogen (secondary N) is 1. The van der Waals surface area contributed by atoms with Crippen LogP contribution in [0.15, 0.2) is 18.2 Å². The molecule has 1 aromatic carbocycles. The molecule has 4 N–H and O–H groups in total. The summed E-state index contributed by atoms with van der Waals surface area (Å²) in [5.41, 5.74) is 7.55. The van der Waals surface area contributed by atoms with Crippen molar-refractivity contribution in [3.05, 3.63) is 18.2 Å². The first-order chi connectivity index (χ1) is 5.77. The van der Waals surface area contributed by atoms with Gasteiger partial charge in [-0.25, -0.2) is 0 Å². The predicted octanol–water partition coefficient (Wildman–Crippen LogP) is 0.550. The molecular weight excluding hydrogens is 160 g/mol. The van der Waals surface area contributed by atoms with Crippen molar-refractivity contribution >= 4 is 5.69 Å². The second-order valence-corrected chi connectivity index (χ2v) is 2.10. The van der Waals surface area contributed by atoms with E-state index in [1.54, 1.807) is 17.8 Å². The molecule has 0 radical (unpaired) electrons. The molecule has 0 amide bonds. The summed E-state index contributed by atoms with van der Waals surface area (Å²) in [6.07, 6.45) is 0. The summed E-state index contributed by atoms with van der Waals surface area (Å²) in [5, 5.41) is 8.26. The number of hydrogen-bond acceptors (Lipinski definition) is 5. The van der Waals surface area contributed by atoms with E-state index in [1.165, 1.54) is 13.2 Å². The molecule has 0 saturated carbocycles. The summed E-state index contributed by atoms with van der Waals surface area (Å²) in [6, 6.07) is 4.84. The van der Waals surface area contributed by atoms with Gasteiger partial charge >= 0.3 is 0 Å². The Morgan fingerprint density at radius 3 is 2.75 bits per heavy atom. The van der Waals surface area contributed by atoms with Gasteiger partial charge in [-0.3, -0.25) is 5.21 Å². The van der Waals surface area contributed by atoms with Crippen LogP contribution in [0, 0.1) is 0 Å². The molecule has 1 rings (SSSR count). The van der Waals surface area contributed by atoms with Crippen LogP contribution in [0.25, 0.3) is 0 Å². The summed E-state index contributed by atoms with van der Waals surface area (Å²) < 4.78 is 4.92. The van der Waals surface area contributed by atoms with Crippen molar-refractivity contribution < 1.29 is 14.8 Å². The summed E-state index contributed by atoms with van der Waals surface area (Å²) in [4.78, 5) is 4.61. The van der Waals surface area contributed by atoms with Crippen LogP contribution in [0.1, 0.15) is 0 Å². The number of methoxy groups -OCH3 is 1. The fourth-order valence-corrected chi connectivity index (χ4v) is 0.822. The highest BCUT2D eigenvalue weighted by atomic mass is 16.8. The van der Waals surface area contributed by atoms with E-state index in [9.17, 15) is 0 Å². The van der Waals surface area contributed by atoms with Crippen LogP contribution in [0.4, 0.5) is 5.69 Å². The van der Waals surface area contributed by atoms with Gasteiger partial charge in [-0.15, -0.1) is 0 Å². The monoisotopic (exact) mass is 170 g/mol. The molecule has 0 fully saturated rings. The molecule has 1 aromatic rings. The van der Waals surface area contributed by atoms with Gasteiger partial charge in [-0.05, 0) is 17.8 Å². The third-order valence-electron chi connectivity index (χ3n) is 1.34. The minimum absolute atomic E-state index is 0.333. The Bertz CT molecular complexity index is 265. The molecule has 0 atom stereocenters. The predicted molar refractivity (Wildman–Crippen MR) is 43.0 cm³/mol. The molecule has 0 saturated heterocycles. The van der Waals surface area contributed by atoms with Gasteiger partial charge in [-0.1, -0.05) is 0 Å². The maximum Gasteiger partial charge on any atom is 0.194 e. The maximum absolute atomic E-state index is 8.26. The van der Waals surface area contributed by atoms with Crippen LogP contribution in [-0.4, -0.2) is 12.3 Å². The van der Waals surface area contributed by atoms with Crippen LogP contribution in [0.2, 0.25) is 0 Å². The van der Waals surface area contributed by atoms with E-state index in [1.807, 2.05) is 0 Å². The van der Waals surface area contributed by atoms with Crippen LogP contribution in [-0.2, 0) is 0 Å². The number of nitrogen functional groups attached to an aromatic ring is 1. The van der Waals surface area contributed by atoms with E-state index in [0.29, 0.717) is 17.2 Å². The Morgan fingerprint density at radius 1 is 1.42 bits per heavy atom. The molecule has 12 heavy (non-hydrogen) atoms. The van der Waals surface area contributed by atoms with Crippen LogP contribution < -0.4 is 21.0 Å². The summed E-state index contributed by atoms with van der Waals surface area (Å²) in [6.45, 7) is 0. The molecular formula is C7H10N2O3. The second-order valence-electron chi connectivity index (χ2n) is 2.10. The van der Waals surface area contributed by atoms with Crippen molar-refractivity contribution in [2.24, 2.45) is 0 Å². The standard InChI is InChI=1S/C7H10N2O3/c1-11-6-3-2-5(8)4-7(6)12-9-10/h2-4,9-10H,8H2,1H3. The van der Waals surface area contributed by atoms with Crippen molar-refractivity contribution in [3.63, 3.8) is 0 Å². The zero-order chi connectivity index (χ0) is 8.97. The Labute approximate surface area is 69.6 Å². The van der Waals surface area contributed by atoms with Crippen molar-refractivity contribution in [3.8, 4) is 11.5 Å². The lowest BCUT2D eigenvalue weighted by molar-refractivity contribution is -0.0449. The van der Waals surface area contributed by atoms with Crippen molar-refractivity contribution in [2.45, 2.75) is 0 Å². The van der Waals surface area contributed by atoms with Crippen LogP contribution in [0.5, 0.6) is 11.5 Å². The van der Waals surface area contributed by atoms with Crippen LogP contribution >= 0.6 is 0 Å². The quantitative estimate of drug-likeness (QED) is 0.456. The Balaban J connectivity index is 2.95. The lowest BCUT2D eigenvalue weighted by Crippen LogP contribution is -2.12. The first kappa shape index (κ1) is 8.63. The normalized spacial score (nSPS) is 9.50. The molecule has 0 spiro atoms. The fraction of sp³-hybridized carbons (Fsp3) is 0.143. The number of hydrogen-bond donors (Lipinski definition) is 3. The van der Waals surface area contributed by atoms with Crippen molar-refractivity contribution in [1.82, 2.24) is 5.64 Å². The van der Waals surface area contributed by atoms with Crippen molar-refractivity contribution in [2.75, 3.05) is 12.8 Å². The minimum Gasteiger partial charge on any atom is -0.493 e. The number of ether oxygens (including phenoxy) is 1. The number of rotatable bonds is 3. The molecule has 0 aliphatic rings. The number of nitrogens with two attached hydrogens (primary N) is 1. The smallest absolute Gasteiger partial charge is 0.194 e. The summed E-state index contributed by atoms with van der Waals surface area (Å²) in [5.74, 6) is 0.825.